The molecular formula is C13H16BrFN2O. The second kappa shape index (κ2) is 6.29. The Hall–Kier alpha value is -0.940. The van der Waals surface area contributed by atoms with Crippen LogP contribution >= 0.6 is 15.9 Å². The summed E-state index contributed by atoms with van der Waals surface area (Å²) in [6, 6.07) is 4.53. The number of hydrogen-bond acceptors (Lipinski definition) is 2. The van der Waals surface area contributed by atoms with E-state index in [1.807, 2.05) is 0 Å². The summed E-state index contributed by atoms with van der Waals surface area (Å²) in [6.45, 7) is 2.66. The first-order valence-electron chi connectivity index (χ1n) is 6.11. The molecule has 1 amide bonds. The van der Waals surface area contributed by atoms with E-state index in [1.54, 1.807) is 12.1 Å². The zero-order valence-electron chi connectivity index (χ0n) is 10.0. The lowest BCUT2D eigenvalue weighted by Gasteiger charge is -2.10. The van der Waals surface area contributed by atoms with Crippen LogP contribution in [0.3, 0.4) is 0 Å². The SMILES string of the molecule is O=C(NCCC1CCNC1)c1c(F)cccc1Br. The molecule has 1 heterocycles. The highest BCUT2D eigenvalue weighted by Crippen LogP contribution is 2.19. The molecule has 1 fully saturated rings. The van der Waals surface area contributed by atoms with E-state index in [1.165, 1.54) is 6.07 Å². The Morgan fingerprint density at radius 1 is 1.56 bits per heavy atom. The Morgan fingerprint density at radius 3 is 3.06 bits per heavy atom. The van der Waals surface area contributed by atoms with Crippen LogP contribution in [0.2, 0.25) is 0 Å². The summed E-state index contributed by atoms with van der Waals surface area (Å²) >= 11 is 3.20. The van der Waals surface area contributed by atoms with E-state index >= 15 is 0 Å². The fourth-order valence-electron chi connectivity index (χ4n) is 2.15. The molecule has 1 aliphatic heterocycles. The number of amides is 1. The largest absolute Gasteiger partial charge is 0.352 e. The molecule has 1 aromatic carbocycles. The second-order valence-electron chi connectivity index (χ2n) is 4.50. The first kappa shape index (κ1) is 13.5. The summed E-state index contributed by atoms with van der Waals surface area (Å²) in [5, 5.41) is 6.05. The van der Waals surface area contributed by atoms with Crippen molar-refractivity contribution in [3.63, 3.8) is 0 Å². The van der Waals surface area contributed by atoms with E-state index in [0.717, 1.165) is 25.9 Å². The maximum Gasteiger partial charge on any atom is 0.255 e. The van der Waals surface area contributed by atoms with Crippen molar-refractivity contribution in [3.05, 3.63) is 34.1 Å². The first-order chi connectivity index (χ1) is 8.68. The van der Waals surface area contributed by atoms with Crippen molar-refractivity contribution in [2.24, 2.45) is 5.92 Å². The molecular weight excluding hydrogens is 299 g/mol. The minimum atomic E-state index is -0.496. The average molecular weight is 315 g/mol. The highest BCUT2D eigenvalue weighted by molar-refractivity contribution is 9.10. The molecule has 98 valence electrons. The third-order valence-corrected chi connectivity index (χ3v) is 3.85. The van der Waals surface area contributed by atoms with Gasteiger partial charge in [0, 0.05) is 11.0 Å². The van der Waals surface area contributed by atoms with E-state index in [9.17, 15) is 9.18 Å². The monoisotopic (exact) mass is 314 g/mol. The number of halogens is 2. The number of benzene rings is 1. The maximum absolute atomic E-state index is 13.5. The topological polar surface area (TPSA) is 41.1 Å². The van der Waals surface area contributed by atoms with Gasteiger partial charge in [0.1, 0.15) is 5.82 Å². The lowest BCUT2D eigenvalue weighted by molar-refractivity contribution is 0.0947. The van der Waals surface area contributed by atoms with Crippen molar-refractivity contribution in [2.75, 3.05) is 19.6 Å². The zero-order chi connectivity index (χ0) is 13.0. The van der Waals surface area contributed by atoms with Crippen LogP contribution < -0.4 is 10.6 Å². The molecule has 0 aliphatic carbocycles. The molecule has 0 bridgehead atoms. The number of carbonyl (C=O) groups is 1. The van der Waals surface area contributed by atoms with Gasteiger partial charge in [-0.2, -0.15) is 0 Å². The summed E-state index contributed by atoms with van der Waals surface area (Å²) < 4.78 is 14.0. The molecule has 2 N–H and O–H groups in total. The Morgan fingerprint density at radius 2 is 2.39 bits per heavy atom. The van der Waals surface area contributed by atoms with E-state index in [2.05, 4.69) is 26.6 Å². The maximum atomic E-state index is 13.5. The molecule has 18 heavy (non-hydrogen) atoms. The third kappa shape index (κ3) is 3.29. The molecule has 0 radical (unpaired) electrons. The highest BCUT2D eigenvalue weighted by Gasteiger charge is 2.17. The smallest absolute Gasteiger partial charge is 0.255 e. The Bertz CT molecular complexity index is 413. The van der Waals surface area contributed by atoms with Gasteiger partial charge in [0.2, 0.25) is 0 Å². The van der Waals surface area contributed by atoms with Gasteiger partial charge in [-0.25, -0.2) is 4.39 Å². The molecule has 0 aromatic heterocycles. The van der Waals surface area contributed by atoms with Crippen molar-refractivity contribution in [2.45, 2.75) is 12.8 Å². The van der Waals surface area contributed by atoms with E-state index in [4.69, 9.17) is 0 Å². The van der Waals surface area contributed by atoms with Crippen LogP contribution in [0, 0.1) is 11.7 Å². The van der Waals surface area contributed by atoms with Crippen LogP contribution in [-0.2, 0) is 0 Å². The summed E-state index contributed by atoms with van der Waals surface area (Å²) in [7, 11) is 0. The molecule has 0 saturated carbocycles. The Kier molecular flexibility index (Phi) is 4.72. The molecule has 1 atom stereocenters. The minimum absolute atomic E-state index is 0.0852. The molecule has 2 rings (SSSR count). The van der Waals surface area contributed by atoms with E-state index in [0.29, 0.717) is 16.9 Å². The van der Waals surface area contributed by atoms with Crippen LogP contribution in [0.1, 0.15) is 23.2 Å². The third-order valence-electron chi connectivity index (χ3n) is 3.19. The Balaban J connectivity index is 1.87. The first-order valence-corrected chi connectivity index (χ1v) is 6.90. The average Bonchev–Trinajstić information content (AvgIpc) is 2.82. The predicted molar refractivity (Wildman–Crippen MR) is 72.0 cm³/mol. The molecule has 3 nitrogen and oxygen atoms in total. The lowest BCUT2D eigenvalue weighted by Crippen LogP contribution is -2.27. The Labute approximate surface area is 114 Å². The fourth-order valence-corrected chi connectivity index (χ4v) is 2.68. The predicted octanol–water partition coefficient (Wildman–Crippen LogP) is 2.32. The lowest BCUT2D eigenvalue weighted by atomic mass is 10.1. The number of carbonyl (C=O) groups excluding carboxylic acids is 1. The van der Waals surface area contributed by atoms with Gasteiger partial charge in [-0.05, 0) is 59.9 Å². The van der Waals surface area contributed by atoms with Gasteiger partial charge >= 0.3 is 0 Å². The normalized spacial score (nSPS) is 18.9. The molecule has 5 heteroatoms. The van der Waals surface area contributed by atoms with Crippen LogP contribution in [0.25, 0.3) is 0 Å². The molecule has 1 saturated heterocycles. The van der Waals surface area contributed by atoms with Gasteiger partial charge in [0.25, 0.3) is 5.91 Å². The summed E-state index contributed by atoms with van der Waals surface area (Å²) in [4.78, 5) is 11.9. The van der Waals surface area contributed by atoms with Gasteiger partial charge in [-0.3, -0.25) is 4.79 Å². The molecule has 1 unspecified atom stereocenters. The van der Waals surface area contributed by atoms with Gasteiger partial charge in [0.15, 0.2) is 0 Å². The van der Waals surface area contributed by atoms with Crippen molar-refractivity contribution in [1.29, 1.82) is 0 Å². The molecule has 0 spiro atoms. The standard InChI is InChI=1S/C13H16BrFN2O/c14-10-2-1-3-11(15)12(10)13(18)17-7-5-9-4-6-16-8-9/h1-3,9,16H,4-8H2,(H,17,18). The minimum Gasteiger partial charge on any atom is -0.352 e. The van der Waals surface area contributed by atoms with E-state index < -0.39 is 5.82 Å². The van der Waals surface area contributed by atoms with Crippen LogP contribution in [0.15, 0.2) is 22.7 Å². The van der Waals surface area contributed by atoms with E-state index in [-0.39, 0.29) is 11.5 Å². The number of nitrogens with one attached hydrogen (secondary N) is 2. The van der Waals surface area contributed by atoms with Gasteiger partial charge in [-0.1, -0.05) is 6.07 Å². The molecule has 1 aromatic rings. The van der Waals surface area contributed by atoms with Gasteiger partial charge in [-0.15, -0.1) is 0 Å². The van der Waals surface area contributed by atoms with Crippen LogP contribution in [-0.4, -0.2) is 25.5 Å². The fraction of sp³-hybridized carbons (Fsp3) is 0.462. The summed E-state index contributed by atoms with van der Waals surface area (Å²) in [5.41, 5.74) is 0.0852. The zero-order valence-corrected chi connectivity index (χ0v) is 11.6. The summed E-state index contributed by atoms with van der Waals surface area (Å²) in [5.74, 6) is -0.232. The second-order valence-corrected chi connectivity index (χ2v) is 5.35. The van der Waals surface area contributed by atoms with Crippen molar-refractivity contribution < 1.29 is 9.18 Å². The van der Waals surface area contributed by atoms with Crippen molar-refractivity contribution in [3.8, 4) is 0 Å². The molecule has 1 aliphatic rings. The van der Waals surface area contributed by atoms with Gasteiger partial charge in [0.05, 0.1) is 5.56 Å². The van der Waals surface area contributed by atoms with Gasteiger partial charge < -0.3 is 10.6 Å². The van der Waals surface area contributed by atoms with Crippen LogP contribution in [0.4, 0.5) is 4.39 Å². The quantitative estimate of drug-likeness (QED) is 0.895. The van der Waals surface area contributed by atoms with Crippen LogP contribution in [0.5, 0.6) is 0 Å². The number of hydrogen-bond donors (Lipinski definition) is 2. The van der Waals surface area contributed by atoms with Crippen molar-refractivity contribution in [1.82, 2.24) is 10.6 Å². The van der Waals surface area contributed by atoms with Crippen molar-refractivity contribution >= 4 is 21.8 Å². The summed E-state index contributed by atoms with van der Waals surface area (Å²) in [6.07, 6.45) is 2.09. The highest BCUT2D eigenvalue weighted by atomic mass is 79.9. The number of rotatable bonds is 4.